The highest BCUT2D eigenvalue weighted by Gasteiger charge is 2.20. The average Bonchev–Trinajstić information content (AvgIpc) is 3.11. The third kappa shape index (κ3) is 4.37. The predicted molar refractivity (Wildman–Crippen MR) is 184 cm³/mol. The summed E-state index contributed by atoms with van der Waals surface area (Å²) in [6.07, 6.45) is 0. The van der Waals surface area contributed by atoms with E-state index < -0.39 is 0 Å². The molecule has 1 aromatic heterocycles. The van der Waals surface area contributed by atoms with E-state index in [9.17, 15) is 0 Å². The largest absolute Gasteiger partial charge is 0.456 e. The molecule has 0 amide bonds. The number of ether oxygens (including phenoxy) is 1. The lowest BCUT2D eigenvalue weighted by Gasteiger charge is -2.22. The van der Waals surface area contributed by atoms with Crippen LogP contribution in [0.3, 0.4) is 0 Å². The molecule has 0 radical (unpaired) electrons. The molecule has 7 aromatic carbocycles. The number of fused-ring (bicyclic) bond motifs is 3. The zero-order chi connectivity index (χ0) is 29.7. The summed E-state index contributed by atoms with van der Waals surface area (Å²) in [6.45, 7) is 0. The molecule has 0 N–H and O–H groups in total. The molecule has 45 heavy (non-hydrogen) atoms. The minimum atomic E-state index is 0.710. The zero-order valence-electron chi connectivity index (χ0n) is 24.3. The van der Waals surface area contributed by atoms with E-state index in [1.807, 2.05) is 24.3 Å². The van der Waals surface area contributed by atoms with Gasteiger partial charge in [0.15, 0.2) is 5.82 Å². The quantitative estimate of drug-likeness (QED) is 0.210. The van der Waals surface area contributed by atoms with Gasteiger partial charge in [-0.05, 0) is 57.1 Å². The number of rotatable bonds is 4. The predicted octanol–water partition coefficient (Wildman–Crippen LogP) is 11.2. The fourth-order valence-electron chi connectivity index (χ4n) is 6.48. The van der Waals surface area contributed by atoms with E-state index in [-0.39, 0.29) is 0 Å². The number of benzene rings is 7. The zero-order valence-corrected chi connectivity index (χ0v) is 24.3. The van der Waals surface area contributed by atoms with Crippen LogP contribution in [0.25, 0.3) is 77.7 Å². The summed E-state index contributed by atoms with van der Waals surface area (Å²) in [5.41, 5.74) is 9.47. The van der Waals surface area contributed by atoms with Crippen molar-refractivity contribution < 1.29 is 4.74 Å². The lowest BCUT2D eigenvalue weighted by molar-refractivity contribution is 0.487. The van der Waals surface area contributed by atoms with Crippen LogP contribution in [0.15, 0.2) is 158 Å². The van der Waals surface area contributed by atoms with Crippen molar-refractivity contribution in [2.24, 2.45) is 0 Å². The molecule has 0 aliphatic carbocycles. The number of hydrogen-bond acceptors (Lipinski definition) is 3. The Morgan fingerprint density at radius 1 is 0.378 bits per heavy atom. The molecule has 0 atom stereocenters. The van der Waals surface area contributed by atoms with Crippen LogP contribution in [-0.4, -0.2) is 9.97 Å². The van der Waals surface area contributed by atoms with Gasteiger partial charge in [-0.2, -0.15) is 0 Å². The lowest BCUT2D eigenvalue weighted by Crippen LogP contribution is -1.97. The van der Waals surface area contributed by atoms with E-state index >= 15 is 0 Å². The van der Waals surface area contributed by atoms with Crippen molar-refractivity contribution >= 4 is 21.5 Å². The van der Waals surface area contributed by atoms with Gasteiger partial charge in [0.2, 0.25) is 0 Å². The van der Waals surface area contributed by atoms with E-state index in [1.165, 1.54) is 27.1 Å². The maximum Gasteiger partial charge on any atom is 0.160 e. The van der Waals surface area contributed by atoms with Gasteiger partial charge in [-0.25, -0.2) is 9.97 Å². The molecule has 2 heterocycles. The van der Waals surface area contributed by atoms with Crippen LogP contribution in [0.2, 0.25) is 0 Å². The normalized spacial score (nSPS) is 11.7. The van der Waals surface area contributed by atoms with Crippen molar-refractivity contribution in [3.8, 4) is 67.7 Å². The van der Waals surface area contributed by atoms with E-state index in [1.54, 1.807) is 0 Å². The summed E-state index contributed by atoms with van der Waals surface area (Å²) in [6, 6.07) is 54.9. The van der Waals surface area contributed by atoms with Crippen molar-refractivity contribution in [2.45, 2.75) is 0 Å². The van der Waals surface area contributed by atoms with Crippen molar-refractivity contribution in [1.29, 1.82) is 0 Å². The fourth-order valence-corrected chi connectivity index (χ4v) is 6.48. The second-order valence-electron chi connectivity index (χ2n) is 11.4. The minimum Gasteiger partial charge on any atom is -0.456 e. The summed E-state index contributed by atoms with van der Waals surface area (Å²) in [5.74, 6) is 2.50. The van der Waals surface area contributed by atoms with E-state index in [0.29, 0.717) is 5.82 Å². The highest BCUT2D eigenvalue weighted by Crippen LogP contribution is 2.47. The third-order valence-electron chi connectivity index (χ3n) is 8.70. The second-order valence-corrected chi connectivity index (χ2v) is 11.4. The molecule has 1 aliphatic rings. The van der Waals surface area contributed by atoms with Crippen LogP contribution >= 0.6 is 0 Å². The van der Waals surface area contributed by atoms with Crippen LogP contribution in [0, 0.1) is 0 Å². The second kappa shape index (κ2) is 10.3. The first-order valence-electron chi connectivity index (χ1n) is 15.2. The third-order valence-corrected chi connectivity index (χ3v) is 8.70. The van der Waals surface area contributed by atoms with E-state index in [2.05, 4.69) is 133 Å². The first kappa shape index (κ1) is 25.4. The lowest BCUT2D eigenvalue weighted by atomic mass is 9.93. The van der Waals surface area contributed by atoms with Crippen LogP contribution < -0.4 is 4.74 Å². The summed E-state index contributed by atoms with van der Waals surface area (Å²) < 4.78 is 6.43. The van der Waals surface area contributed by atoms with Gasteiger partial charge in [-0.3, -0.25) is 0 Å². The maximum absolute atomic E-state index is 6.43. The van der Waals surface area contributed by atoms with Crippen LogP contribution in [0.1, 0.15) is 0 Å². The molecule has 0 bridgehead atoms. The Bertz CT molecular complexity index is 2380. The van der Waals surface area contributed by atoms with Gasteiger partial charge >= 0.3 is 0 Å². The van der Waals surface area contributed by atoms with Gasteiger partial charge < -0.3 is 4.74 Å². The number of aromatic nitrogens is 2. The first-order valence-corrected chi connectivity index (χ1v) is 15.2. The Balaban J connectivity index is 1.12. The molecular weight excluding hydrogens is 548 g/mol. The van der Waals surface area contributed by atoms with Gasteiger partial charge in [0.05, 0.1) is 11.4 Å². The smallest absolute Gasteiger partial charge is 0.160 e. The van der Waals surface area contributed by atoms with Crippen LogP contribution in [0.4, 0.5) is 0 Å². The molecule has 0 saturated carbocycles. The molecule has 0 fully saturated rings. The highest BCUT2D eigenvalue weighted by atomic mass is 16.5. The van der Waals surface area contributed by atoms with Crippen LogP contribution in [-0.2, 0) is 0 Å². The molecule has 3 nitrogen and oxygen atoms in total. The SMILES string of the molecule is c1ccc(-c2nc(-c3ccc(-c4ccc5c(c4)Oc4cccc6cccc-5c46)cc3)cc(-c3cccc4ccccc34)n2)cc1. The molecule has 3 heteroatoms. The minimum absolute atomic E-state index is 0.710. The van der Waals surface area contributed by atoms with Gasteiger partial charge in [0.25, 0.3) is 0 Å². The maximum atomic E-state index is 6.43. The van der Waals surface area contributed by atoms with Crippen molar-refractivity contribution in [1.82, 2.24) is 9.97 Å². The number of nitrogens with zero attached hydrogens (tertiary/aromatic N) is 2. The molecule has 0 unspecified atom stereocenters. The summed E-state index contributed by atoms with van der Waals surface area (Å²) in [5, 5.41) is 4.73. The molecular formula is C42H26N2O. The van der Waals surface area contributed by atoms with Gasteiger partial charge in [-0.1, -0.05) is 133 Å². The molecule has 210 valence electrons. The monoisotopic (exact) mass is 574 g/mol. The van der Waals surface area contributed by atoms with E-state index in [0.717, 1.165) is 56.3 Å². The molecule has 0 spiro atoms. The first-order chi connectivity index (χ1) is 22.3. The molecule has 8 aromatic rings. The van der Waals surface area contributed by atoms with Gasteiger partial charge in [-0.15, -0.1) is 0 Å². The summed E-state index contributed by atoms with van der Waals surface area (Å²) in [4.78, 5) is 10.1. The molecule has 1 aliphatic heterocycles. The Hall–Kier alpha value is -6.06. The van der Waals surface area contributed by atoms with E-state index in [4.69, 9.17) is 14.7 Å². The Morgan fingerprint density at radius 2 is 1.04 bits per heavy atom. The van der Waals surface area contributed by atoms with Crippen molar-refractivity contribution in [3.05, 3.63) is 158 Å². The molecule has 9 rings (SSSR count). The Kier molecular flexibility index (Phi) is 5.82. The topological polar surface area (TPSA) is 35.0 Å². The highest BCUT2D eigenvalue weighted by molar-refractivity contribution is 6.04. The molecule has 0 saturated heterocycles. The standard InChI is InChI=1S/C42H26N2O/c1-2-10-31(11-3-1)42-43-37(26-38(44-42)34-16-6-12-28-9-4-5-15-33(28)34)29-21-19-27(20-22-29)32-23-24-35-36-17-7-13-30-14-8-18-39(41(30)36)45-40(35)25-32/h1-26H. The van der Waals surface area contributed by atoms with Crippen LogP contribution in [0.5, 0.6) is 11.5 Å². The van der Waals surface area contributed by atoms with Gasteiger partial charge in [0.1, 0.15) is 11.5 Å². The fraction of sp³-hybridized carbons (Fsp3) is 0. The Labute approximate surface area is 261 Å². The average molecular weight is 575 g/mol. The summed E-state index contributed by atoms with van der Waals surface area (Å²) >= 11 is 0. The van der Waals surface area contributed by atoms with Crippen molar-refractivity contribution in [2.75, 3.05) is 0 Å². The number of hydrogen-bond donors (Lipinski definition) is 0. The van der Waals surface area contributed by atoms with Crippen molar-refractivity contribution in [3.63, 3.8) is 0 Å². The summed E-state index contributed by atoms with van der Waals surface area (Å²) in [7, 11) is 0. The Morgan fingerprint density at radius 3 is 1.91 bits per heavy atom. The van der Waals surface area contributed by atoms with Gasteiger partial charge in [0, 0.05) is 27.6 Å².